The van der Waals surface area contributed by atoms with Gasteiger partial charge in [0, 0.05) is 6.61 Å². The molecular weight excluding hydrogens is 353 g/mol. The van der Waals surface area contributed by atoms with Crippen molar-refractivity contribution in [1.82, 2.24) is 29.5 Å². The Morgan fingerprint density at radius 1 is 1.40 bits per heavy atom. The average molecular weight is 367 g/mol. The third-order valence-corrected chi connectivity index (χ3v) is 3.76. The number of aromatic nitrogens is 6. The average Bonchev–Trinajstić information content (AvgIpc) is 3.22. The van der Waals surface area contributed by atoms with Gasteiger partial charge < -0.3 is 20.4 Å². The smallest absolute Gasteiger partial charge is 0.330 e. The molecule has 0 spiro atoms. The summed E-state index contributed by atoms with van der Waals surface area (Å²) >= 11 is 4.95. The van der Waals surface area contributed by atoms with Crippen molar-refractivity contribution in [1.29, 1.82) is 0 Å². The number of anilines is 1. The topological polar surface area (TPSA) is 147 Å². The van der Waals surface area contributed by atoms with Gasteiger partial charge in [0.1, 0.15) is 16.4 Å². The molecule has 1 saturated heterocycles. The van der Waals surface area contributed by atoms with Gasteiger partial charge in [-0.1, -0.05) is 12.2 Å². The lowest BCUT2D eigenvalue weighted by atomic mass is 10.3. The van der Waals surface area contributed by atoms with Gasteiger partial charge in [0.15, 0.2) is 5.65 Å². The summed E-state index contributed by atoms with van der Waals surface area (Å²) in [5, 5.41) is 0. The molecule has 4 rings (SSSR count). The number of fused-ring (bicyclic) bond motifs is 1. The largest absolute Gasteiger partial charge is 0.369 e. The summed E-state index contributed by atoms with van der Waals surface area (Å²) in [6.45, 7) is 0.553. The van der Waals surface area contributed by atoms with Gasteiger partial charge in [0.25, 0.3) is 5.56 Å². The molecule has 0 radical (unpaired) electrons. The van der Waals surface area contributed by atoms with Crippen LogP contribution in [-0.4, -0.2) is 36.1 Å². The van der Waals surface area contributed by atoms with Gasteiger partial charge in [0.2, 0.25) is 11.8 Å². The number of hydrogen-bond donors (Lipinski definition) is 4. The van der Waals surface area contributed by atoms with E-state index in [-0.39, 0.29) is 5.95 Å². The minimum absolute atomic E-state index is 0.287. The minimum atomic E-state index is -0.996. The molecule has 1 aliphatic rings. The van der Waals surface area contributed by atoms with Gasteiger partial charge in [0.05, 0.1) is 12.5 Å². The molecule has 3 aromatic rings. The fourth-order valence-corrected chi connectivity index (χ4v) is 2.57. The second-order valence-electron chi connectivity index (χ2n) is 5.16. The van der Waals surface area contributed by atoms with Crippen LogP contribution >= 0.6 is 12.2 Å². The van der Waals surface area contributed by atoms with Crippen LogP contribution in [0.1, 0.15) is 19.1 Å². The zero-order valence-electron chi connectivity index (χ0n) is 12.8. The number of rotatable bonds is 1. The van der Waals surface area contributed by atoms with E-state index < -0.39 is 23.3 Å². The molecule has 0 amide bonds. The van der Waals surface area contributed by atoms with Crippen LogP contribution in [0.4, 0.5) is 10.3 Å². The number of nitrogens with two attached hydrogens (primary N) is 1. The van der Waals surface area contributed by atoms with Crippen LogP contribution in [0, 0.1) is 10.5 Å². The summed E-state index contributed by atoms with van der Waals surface area (Å²) in [7, 11) is 0. The lowest BCUT2D eigenvalue weighted by Gasteiger charge is -2.11. The van der Waals surface area contributed by atoms with Crippen molar-refractivity contribution < 1.29 is 9.13 Å². The Labute approximate surface area is 143 Å². The SMILES string of the molecule is Nc1nc2nc[nH]c2c(=S)[nH]1.O=c1[nH]c(=O)n(C2CCCO2)cc1F. The highest BCUT2D eigenvalue weighted by Gasteiger charge is 2.19. The van der Waals surface area contributed by atoms with Crippen LogP contribution in [0.5, 0.6) is 0 Å². The Bertz CT molecular complexity index is 1060. The van der Waals surface area contributed by atoms with Crippen LogP contribution < -0.4 is 17.0 Å². The third-order valence-electron chi connectivity index (χ3n) is 3.45. The lowest BCUT2D eigenvalue weighted by Crippen LogP contribution is -2.33. The van der Waals surface area contributed by atoms with Crippen molar-refractivity contribution in [3.8, 4) is 0 Å². The molecule has 0 saturated carbocycles. The van der Waals surface area contributed by atoms with Crippen molar-refractivity contribution in [2.45, 2.75) is 19.1 Å². The number of nitrogens with zero attached hydrogens (tertiary/aromatic N) is 3. The maximum Gasteiger partial charge on any atom is 0.330 e. The Morgan fingerprint density at radius 2 is 2.20 bits per heavy atom. The highest BCUT2D eigenvalue weighted by atomic mass is 32.1. The minimum Gasteiger partial charge on any atom is -0.369 e. The molecule has 1 aliphatic heterocycles. The Morgan fingerprint density at radius 3 is 2.92 bits per heavy atom. The molecule has 5 N–H and O–H groups in total. The summed E-state index contributed by atoms with van der Waals surface area (Å²) in [6, 6.07) is 0. The van der Waals surface area contributed by atoms with Crippen LogP contribution in [0.3, 0.4) is 0 Å². The van der Waals surface area contributed by atoms with E-state index in [0.717, 1.165) is 17.2 Å². The maximum absolute atomic E-state index is 12.9. The number of nitrogens with one attached hydrogen (secondary N) is 3. The van der Waals surface area contributed by atoms with E-state index in [1.807, 2.05) is 4.98 Å². The number of H-pyrrole nitrogens is 3. The van der Waals surface area contributed by atoms with Crippen molar-refractivity contribution in [3.05, 3.63) is 43.8 Å². The normalized spacial score (nSPS) is 16.6. The molecule has 4 heterocycles. The Kier molecular flexibility index (Phi) is 4.72. The summed E-state index contributed by atoms with van der Waals surface area (Å²) in [5.41, 5.74) is 5.03. The summed E-state index contributed by atoms with van der Waals surface area (Å²) in [4.78, 5) is 37.2. The summed E-state index contributed by atoms with van der Waals surface area (Å²) in [6.07, 6.45) is 3.45. The summed E-state index contributed by atoms with van der Waals surface area (Å²) < 4.78 is 19.6. The highest BCUT2D eigenvalue weighted by Crippen LogP contribution is 2.20. The third kappa shape index (κ3) is 3.64. The maximum atomic E-state index is 12.9. The van der Waals surface area contributed by atoms with Crippen LogP contribution in [0.15, 0.2) is 22.1 Å². The molecule has 10 nitrogen and oxygen atoms in total. The second kappa shape index (κ2) is 6.94. The quantitative estimate of drug-likeness (QED) is 0.460. The first-order valence-corrected chi connectivity index (χ1v) is 7.68. The number of aromatic amines is 3. The first-order chi connectivity index (χ1) is 12.0. The van der Waals surface area contributed by atoms with Gasteiger partial charge in [-0.05, 0) is 12.8 Å². The van der Waals surface area contributed by atoms with E-state index >= 15 is 0 Å². The molecule has 1 unspecified atom stereocenters. The number of hydrogen-bond acceptors (Lipinski definition) is 7. The molecular formula is C13H14FN7O3S. The van der Waals surface area contributed by atoms with Crippen LogP contribution in [-0.2, 0) is 4.74 Å². The molecule has 25 heavy (non-hydrogen) atoms. The number of halogens is 1. The molecule has 3 aromatic heterocycles. The zero-order valence-corrected chi connectivity index (χ0v) is 13.6. The molecule has 0 bridgehead atoms. The molecule has 1 atom stereocenters. The van der Waals surface area contributed by atoms with E-state index in [9.17, 15) is 14.0 Å². The molecule has 132 valence electrons. The standard InChI is InChI=1S/C8H9FN2O3.C5H5N5S/c9-5-4-11(6-2-1-3-14-6)8(13)10-7(5)12;6-5-9-3-2(4(11)10-5)7-1-8-3/h4,6H,1-3H2,(H,10,12,13);1H,(H4,6,7,8,9,10,11). The first kappa shape index (κ1) is 17.0. The van der Waals surface area contributed by atoms with Crippen LogP contribution in [0.2, 0.25) is 0 Å². The monoisotopic (exact) mass is 367 g/mol. The fraction of sp³-hybridized carbons (Fsp3) is 0.308. The molecule has 1 fully saturated rings. The number of nitrogen functional groups attached to an aromatic ring is 1. The zero-order chi connectivity index (χ0) is 18.0. The van der Waals surface area contributed by atoms with Gasteiger partial charge in [-0.15, -0.1) is 0 Å². The number of imidazole rings is 1. The van der Waals surface area contributed by atoms with Crippen molar-refractivity contribution in [2.75, 3.05) is 12.3 Å². The molecule has 0 aliphatic carbocycles. The molecule has 12 heteroatoms. The highest BCUT2D eigenvalue weighted by molar-refractivity contribution is 7.71. The second-order valence-corrected chi connectivity index (χ2v) is 5.57. The fourth-order valence-electron chi connectivity index (χ4n) is 2.31. The molecule has 0 aromatic carbocycles. The predicted molar refractivity (Wildman–Crippen MR) is 89.0 cm³/mol. The van der Waals surface area contributed by atoms with Crippen molar-refractivity contribution in [3.63, 3.8) is 0 Å². The van der Waals surface area contributed by atoms with Gasteiger partial charge in [-0.25, -0.2) is 9.78 Å². The van der Waals surface area contributed by atoms with E-state index in [0.29, 0.717) is 28.8 Å². The van der Waals surface area contributed by atoms with E-state index in [2.05, 4.69) is 19.9 Å². The van der Waals surface area contributed by atoms with Gasteiger partial charge in [-0.3, -0.25) is 14.3 Å². The lowest BCUT2D eigenvalue weighted by molar-refractivity contribution is 0.0517. The van der Waals surface area contributed by atoms with Crippen molar-refractivity contribution in [2.24, 2.45) is 0 Å². The Balaban J connectivity index is 0.000000150. The predicted octanol–water partition coefficient (Wildman–Crippen LogP) is 0.582. The Hall–Kier alpha value is -2.86. The van der Waals surface area contributed by atoms with Gasteiger partial charge >= 0.3 is 5.69 Å². The van der Waals surface area contributed by atoms with Crippen molar-refractivity contribution >= 4 is 29.3 Å². The summed E-state index contributed by atoms with van der Waals surface area (Å²) in [5.74, 6) is -0.685. The number of ether oxygens (including phenoxy) is 1. The van der Waals surface area contributed by atoms with E-state index in [1.165, 1.54) is 6.33 Å². The first-order valence-electron chi connectivity index (χ1n) is 7.27. The van der Waals surface area contributed by atoms with E-state index in [4.69, 9.17) is 22.7 Å². The van der Waals surface area contributed by atoms with Gasteiger partial charge in [-0.2, -0.15) is 9.37 Å². The van der Waals surface area contributed by atoms with E-state index in [1.54, 1.807) is 0 Å². The van der Waals surface area contributed by atoms with Crippen LogP contribution in [0.25, 0.3) is 11.2 Å².